The lowest BCUT2D eigenvalue weighted by Gasteiger charge is -2.07. The third kappa shape index (κ3) is 3.05. The Labute approximate surface area is 110 Å². The number of nitrogens with two attached hydrogens (primary N) is 1. The molecule has 0 heterocycles. The van der Waals surface area contributed by atoms with Gasteiger partial charge in [0.25, 0.3) is 0 Å². The van der Waals surface area contributed by atoms with E-state index in [1.54, 1.807) is 0 Å². The van der Waals surface area contributed by atoms with Gasteiger partial charge < -0.3 is 10.8 Å². The first-order valence-corrected chi connectivity index (χ1v) is 6.83. The minimum atomic E-state index is -4.31. The van der Waals surface area contributed by atoms with E-state index in [1.807, 2.05) is 0 Å². The summed E-state index contributed by atoms with van der Waals surface area (Å²) in [5.41, 5.74) is 3.92. The zero-order chi connectivity index (χ0) is 14.1. The fourth-order valence-corrected chi connectivity index (χ4v) is 3.04. The third-order valence-electron chi connectivity index (χ3n) is 1.90. The van der Waals surface area contributed by atoms with Gasteiger partial charge in [0.1, 0.15) is 10.6 Å². The van der Waals surface area contributed by atoms with Crippen LogP contribution in [0.2, 0.25) is 0 Å². The highest BCUT2D eigenvalue weighted by molar-refractivity contribution is 9.10. The number of carboxylic acid groups (broad SMARTS) is 1. The SMILES string of the molecule is NC(=O)CS(=O)(=O)c1cc(Br)cc(C(=O)O)c1F. The number of rotatable bonds is 4. The third-order valence-corrected chi connectivity index (χ3v) is 3.99. The normalized spacial score (nSPS) is 11.2. The van der Waals surface area contributed by atoms with Gasteiger partial charge in [-0.2, -0.15) is 0 Å². The van der Waals surface area contributed by atoms with Gasteiger partial charge in [0, 0.05) is 4.47 Å². The lowest BCUT2D eigenvalue weighted by atomic mass is 10.2. The highest BCUT2D eigenvalue weighted by atomic mass is 79.9. The molecule has 0 unspecified atom stereocenters. The molecule has 0 atom stereocenters. The van der Waals surface area contributed by atoms with Gasteiger partial charge >= 0.3 is 5.97 Å². The van der Waals surface area contributed by atoms with Crippen LogP contribution >= 0.6 is 15.9 Å². The number of hydrogen-bond acceptors (Lipinski definition) is 4. The van der Waals surface area contributed by atoms with Crippen molar-refractivity contribution in [1.82, 2.24) is 0 Å². The maximum absolute atomic E-state index is 13.7. The van der Waals surface area contributed by atoms with Gasteiger partial charge in [-0.3, -0.25) is 4.79 Å². The van der Waals surface area contributed by atoms with Crippen LogP contribution in [-0.2, 0) is 14.6 Å². The Morgan fingerprint density at radius 3 is 2.39 bits per heavy atom. The standard InChI is InChI=1S/C9H7BrFNO5S/c10-4-1-5(9(14)15)8(11)6(2-4)18(16,17)3-7(12)13/h1-2H,3H2,(H2,12,13)(H,14,15). The van der Waals surface area contributed by atoms with Gasteiger partial charge in [0.05, 0.1) is 5.56 Å². The number of benzene rings is 1. The molecule has 1 aromatic carbocycles. The fourth-order valence-electron chi connectivity index (χ4n) is 1.21. The van der Waals surface area contributed by atoms with Gasteiger partial charge in [-0.15, -0.1) is 0 Å². The molecule has 0 saturated heterocycles. The summed E-state index contributed by atoms with van der Waals surface area (Å²) in [6.45, 7) is 0. The predicted molar refractivity (Wildman–Crippen MR) is 62.3 cm³/mol. The lowest BCUT2D eigenvalue weighted by molar-refractivity contribution is -0.115. The zero-order valence-electron chi connectivity index (χ0n) is 8.68. The van der Waals surface area contributed by atoms with E-state index in [-0.39, 0.29) is 4.47 Å². The number of amides is 1. The summed E-state index contributed by atoms with van der Waals surface area (Å²) in [4.78, 5) is 20.4. The van der Waals surface area contributed by atoms with Crippen LogP contribution in [0.5, 0.6) is 0 Å². The molecule has 6 nitrogen and oxygen atoms in total. The average Bonchev–Trinajstić information content (AvgIpc) is 2.18. The molecule has 0 aliphatic heterocycles. The summed E-state index contributed by atoms with van der Waals surface area (Å²) in [6.07, 6.45) is 0. The van der Waals surface area contributed by atoms with Crippen molar-refractivity contribution in [2.45, 2.75) is 4.90 Å². The molecule has 0 aliphatic rings. The van der Waals surface area contributed by atoms with Crippen molar-refractivity contribution >= 4 is 37.6 Å². The molecule has 0 aliphatic carbocycles. The minimum Gasteiger partial charge on any atom is -0.478 e. The van der Waals surface area contributed by atoms with E-state index in [0.717, 1.165) is 12.1 Å². The van der Waals surface area contributed by atoms with Gasteiger partial charge in [-0.05, 0) is 12.1 Å². The second-order valence-corrected chi connectivity index (χ2v) is 6.17. The van der Waals surface area contributed by atoms with E-state index in [4.69, 9.17) is 10.8 Å². The van der Waals surface area contributed by atoms with Crippen molar-refractivity contribution < 1.29 is 27.5 Å². The summed E-state index contributed by atoms with van der Waals surface area (Å²) < 4.78 is 37.0. The fraction of sp³-hybridized carbons (Fsp3) is 0.111. The van der Waals surface area contributed by atoms with Crippen LogP contribution in [0.15, 0.2) is 21.5 Å². The molecule has 0 radical (unpaired) electrons. The Morgan fingerprint density at radius 2 is 1.94 bits per heavy atom. The number of sulfone groups is 1. The molecule has 0 bridgehead atoms. The Bertz CT molecular complexity index is 628. The van der Waals surface area contributed by atoms with Crippen LogP contribution < -0.4 is 5.73 Å². The molecule has 18 heavy (non-hydrogen) atoms. The van der Waals surface area contributed by atoms with Crippen molar-refractivity contribution in [3.8, 4) is 0 Å². The number of halogens is 2. The van der Waals surface area contributed by atoms with Crippen LogP contribution in [0.3, 0.4) is 0 Å². The smallest absolute Gasteiger partial charge is 0.338 e. The monoisotopic (exact) mass is 339 g/mol. The van der Waals surface area contributed by atoms with E-state index in [2.05, 4.69) is 15.9 Å². The number of carbonyl (C=O) groups excluding carboxylic acids is 1. The number of carboxylic acids is 1. The van der Waals surface area contributed by atoms with Gasteiger partial charge in [-0.25, -0.2) is 17.6 Å². The highest BCUT2D eigenvalue weighted by Gasteiger charge is 2.26. The van der Waals surface area contributed by atoms with Crippen LogP contribution in [-0.4, -0.2) is 31.2 Å². The first kappa shape index (κ1) is 14.6. The van der Waals surface area contributed by atoms with Crippen molar-refractivity contribution in [1.29, 1.82) is 0 Å². The van der Waals surface area contributed by atoms with E-state index in [9.17, 15) is 22.4 Å². The molecule has 1 amide bonds. The second kappa shape index (κ2) is 5.02. The van der Waals surface area contributed by atoms with Crippen LogP contribution in [0.25, 0.3) is 0 Å². The largest absolute Gasteiger partial charge is 0.478 e. The highest BCUT2D eigenvalue weighted by Crippen LogP contribution is 2.25. The molecule has 0 spiro atoms. The van der Waals surface area contributed by atoms with Crippen molar-refractivity contribution in [3.63, 3.8) is 0 Å². The minimum absolute atomic E-state index is 0.0596. The van der Waals surface area contributed by atoms with E-state index in [0.29, 0.717) is 0 Å². The lowest BCUT2D eigenvalue weighted by Crippen LogP contribution is -2.24. The maximum atomic E-state index is 13.7. The molecule has 3 N–H and O–H groups in total. The molecule has 0 aromatic heterocycles. The topological polar surface area (TPSA) is 115 Å². The zero-order valence-corrected chi connectivity index (χ0v) is 11.1. The summed E-state index contributed by atoms with van der Waals surface area (Å²) in [7, 11) is -4.31. The van der Waals surface area contributed by atoms with Gasteiger partial charge in [0.15, 0.2) is 15.7 Å². The second-order valence-electron chi connectivity index (χ2n) is 3.30. The average molecular weight is 340 g/mol. The van der Waals surface area contributed by atoms with Crippen LogP contribution in [0.1, 0.15) is 10.4 Å². The summed E-state index contributed by atoms with van der Waals surface area (Å²) >= 11 is 2.86. The van der Waals surface area contributed by atoms with E-state index >= 15 is 0 Å². The Kier molecular flexibility index (Phi) is 4.07. The van der Waals surface area contributed by atoms with Gasteiger partial charge in [0.2, 0.25) is 5.91 Å². The molecule has 9 heteroatoms. The number of aromatic carboxylic acids is 1. The Morgan fingerprint density at radius 1 is 1.39 bits per heavy atom. The van der Waals surface area contributed by atoms with Crippen LogP contribution in [0.4, 0.5) is 4.39 Å². The first-order valence-electron chi connectivity index (χ1n) is 4.38. The first-order chi connectivity index (χ1) is 8.15. The summed E-state index contributed by atoms with van der Waals surface area (Å²) in [5, 5.41) is 8.71. The number of primary amides is 1. The maximum Gasteiger partial charge on any atom is 0.338 e. The quantitative estimate of drug-likeness (QED) is 0.830. The molecule has 98 valence electrons. The van der Waals surface area contributed by atoms with Crippen molar-refractivity contribution in [2.24, 2.45) is 5.73 Å². The number of carbonyl (C=O) groups is 2. The van der Waals surface area contributed by atoms with E-state index in [1.165, 1.54) is 0 Å². The van der Waals surface area contributed by atoms with Crippen LogP contribution in [0, 0.1) is 5.82 Å². The number of hydrogen-bond donors (Lipinski definition) is 2. The predicted octanol–water partition coefficient (Wildman–Crippen LogP) is 0.545. The summed E-state index contributed by atoms with van der Waals surface area (Å²) in [5.74, 6) is -5.30. The molecule has 1 rings (SSSR count). The molecule has 0 saturated carbocycles. The Hall–Kier alpha value is -1.48. The van der Waals surface area contributed by atoms with Crippen molar-refractivity contribution in [2.75, 3.05) is 5.75 Å². The molecular formula is C9H7BrFNO5S. The van der Waals surface area contributed by atoms with Gasteiger partial charge in [-0.1, -0.05) is 15.9 Å². The Balaban J connectivity index is 3.51. The van der Waals surface area contributed by atoms with Crippen molar-refractivity contribution in [3.05, 3.63) is 28.0 Å². The molecule has 1 aromatic rings. The molecule has 0 fully saturated rings. The summed E-state index contributed by atoms with van der Waals surface area (Å²) in [6, 6.07) is 1.79. The molecular weight excluding hydrogens is 333 g/mol. The van der Waals surface area contributed by atoms with E-state index < -0.39 is 43.7 Å².